The lowest BCUT2D eigenvalue weighted by Crippen LogP contribution is -2.50. The van der Waals surface area contributed by atoms with E-state index >= 15 is 0 Å². The fraction of sp³-hybridized carbons (Fsp3) is 0.650. The van der Waals surface area contributed by atoms with Crippen LogP contribution in [0.3, 0.4) is 0 Å². The Morgan fingerprint density at radius 1 is 1.12 bits per heavy atom. The van der Waals surface area contributed by atoms with Crippen LogP contribution >= 0.6 is 0 Å². The Bertz CT molecular complexity index is 575. The number of piperazine rings is 1. The van der Waals surface area contributed by atoms with Gasteiger partial charge in [-0.1, -0.05) is 13.8 Å². The summed E-state index contributed by atoms with van der Waals surface area (Å²) in [7, 11) is 0. The summed E-state index contributed by atoms with van der Waals surface area (Å²) in [4.78, 5) is 15.3. The van der Waals surface area contributed by atoms with E-state index in [2.05, 4.69) is 30.1 Å². The van der Waals surface area contributed by atoms with E-state index in [1.54, 1.807) is 0 Å². The number of ether oxygens (including phenoxy) is 1. The molecule has 0 amide bonds. The van der Waals surface area contributed by atoms with Crippen LogP contribution in [-0.2, 0) is 0 Å². The molecule has 1 heterocycles. The average Bonchev–Trinajstić information content (AvgIpc) is 2.53. The average molecular weight is 332 g/mol. The van der Waals surface area contributed by atoms with Crippen molar-refractivity contribution in [3.05, 3.63) is 28.8 Å². The number of ketones is 1. The molecule has 0 spiro atoms. The van der Waals surface area contributed by atoms with Crippen molar-refractivity contribution in [3.8, 4) is 5.75 Å². The van der Waals surface area contributed by atoms with E-state index in [9.17, 15) is 4.79 Å². The molecule has 1 atom stereocenters. The smallest absolute Gasteiger partial charge is 0.179 e. The van der Waals surface area contributed by atoms with Crippen molar-refractivity contribution in [3.63, 3.8) is 0 Å². The second kappa shape index (κ2) is 8.13. The molecule has 24 heavy (non-hydrogen) atoms. The molecule has 4 nitrogen and oxygen atoms in total. The number of rotatable bonds is 6. The van der Waals surface area contributed by atoms with Crippen molar-refractivity contribution in [1.29, 1.82) is 0 Å². The third kappa shape index (κ3) is 4.37. The van der Waals surface area contributed by atoms with E-state index in [4.69, 9.17) is 4.74 Å². The van der Waals surface area contributed by atoms with E-state index in [-0.39, 0.29) is 17.9 Å². The third-order valence-corrected chi connectivity index (χ3v) is 4.69. The zero-order valence-corrected chi connectivity index (χ0v) is 16.0. The largest absolute Gasteiger partial charge is 0.491 e. The number of hydrogen-bond donors (Lipinski definition) is 1. The number of nitrogens with zero attached hydrogens (tertiary/aromatic N) is 1. The van der Waals surface area contributed by atoms with Gasteiger partial charge in [-0.15, -0.1) is 0 Å². The van der Waals surface area contributed by atoms with Gasteiger partial charge in [-0.2, -0.15) is 0 Å². The van der Waals surface area contributed by atoms with Crippen LogP contribution in [0.2, 0.25) is 0 Å². The van der Waals surface area contributed by atoms with Crippen molar-refractivity contribution in [2.45, 2.75) is 59.6 Å². The van der Waals surface area contributed by atoms with Gasteiger partial charge in [-0.25, -0.2) is 0 Å². The zero-order chi connectivity index (χ0) is 17.9. The summed E-state index contributed by atoms with van der Waals surface area (Å²) in [5, 5.41) is 3.34. The second-order valence-corrected chi connectivity index (χ2v) is 7.35. The van der Waals surface area contributed by atoms with Crippen LogP contribution < -0.4 is 10.1 Å². The highest BCUT2D eigenvalue weighted by Gasteiger charge is 2.26. The fourth-order valence-corrected chi connectivity index (χ4v) is 3.23. The summed E-state index contributed by atoms with van der Waals surface area (Å²) in [6.07, 6.45) is 0.128. The molecule has 4 heteroatoms. The Morgan fingerprint density at radius 3 is 2.29 bits per heavy atom. The van der Waals surface area contributed by atoms with Crippen molar-refractivity contribution < 1.29 is 9.53 Å². The molecule has 0 aromatic heterocycles. The molecule has 1 aliphatic heterocycles. The van der Waals surface area contributed by atoms with E-state index in [1.165, 1.54) is 0 Å². The summed E-state index contributed by atoms with van der Waals surface area (Å²) in [6.45, 7) is 16.2. The number of nitrogens with one attached hydrogen (secondary N) is 1. The monoisotopic (exact) mass is 332 g/mol. The highest BCUT2D eigenvalue weighted by atomic mass is 16.5. The van der Waals surface area contributed by atoms with Crippen molar-refractivity contribution in [2.24, 2.45) is 0 Å². The molecule has 1 saturated heterocycles. The summed E-state index contributed by atoms with van der Waals surface area (Å²) in [6, 6.07) is 4.01. The molecule has 0 bridgehead atoms. The van der Waals surface area contributed by atoms with Gasteiger partial charge in [0.2, 0.25) is 0 Å². The Kier molecular flexibility index (Phi) is 6.41. The fourth-order valence-electron chi connectivity index (χ4n) is 3.23. The van der Waals surface area contributed by atoms with Crippen LogP contribution in [0.4, 0.5) is 0 Å². The van der Waals surface area contributed by atoms with Crippen LogP contribution in [0.5, 0.6) is 5.75 Å². The minimum absolute atomic E-state index is 0.0809. The van der Waals surface area contributed by atoms with Crippen LogP contribution in [0.1, 0.15) is 62.0 Å². The number of carbonyl (C=O) groups excluding carboxylic acids is 1. The van der Waals surface area contributed by atoms with Gasteiger partial charge in [-0.3, -0.25) is 9.69 Å². The first-order chi connectivity index (χ1) is 11.3. The molecule has 1 fully saturated rings. The Hall–Kier alpha value is -1.39. The van der Waals surface area contributed by atoms with E-state index in [0.29, 0.717) is 5.92 Å². The molecule has 1 aliphatic rings. The van der Waals surface area contributed by atoms with E-state index < -0.39 is 0 Å². The Balaban J connectivity index is 2.31. The molecule has 0 radical (unpaired) electrons. The summed E-state index contributed by atoms with van der Waals surface area (Å²) >= 11 is 0. The lowest BCUT2D eigenvalue weighted by Gasteiger charge is -2.32. The Morgan fingerprint density at radius 2 is 1.75 bits per heavy atom. The van der Waals surface area contributed by atoms with Gasteiger partial charge < -0.3 is 10.1 Å². The molecular formula is C20H32N2O2. The van der Waals surface area contributed by atoms with E-state index in [1.807, 2.05) is 33.8 Å². The van der Waals surface area contributed by atoms with Crippen LogP contribution in [0.25, 0.3) is 0 Å². The summed E-state index contributed by atoms with van der Waals surface area (Å²) in [5.74, 6) is 1.44. The second-order valence-electron chi connectivity index (χ2n) is 7.35. The van der Waals surface area contributed by atoms with Gasteiger partial charge in [0.05, 0.1) is 12.1 Å². The number of aryl methyl sites for hydroxylation is 1. The van der Waals surface area contributed by atoms with Crippen LogP contribution in [0.15, 0.2) is 12.1 Å². The summed E-state index contributed by atoms with van der Waals surface area (Å²) in [5.41, 5.74) is 2.95. The molecular weight excluding hydrogens is 300 g/mol. The number of hydrogen-bond acceptors (Lipinski definition) is 4. The Labute approximate surface area is 146 Å². The number of benzene rings is 1. The van der Waals surface area contributed by atoms with Crippen molar-refractivity contribution in [2.75, 3.05) is 26.2 Å². The lowest BCUT2D eigenvalue weighted by molar-refractivity contribution is 0.0819. The first kappa shape index (κ1) is 18.9. The highest BCUT2D eigenvalue weighted by molar-refractivity contribution is 6.01. The van der Waals surface area contributed by atoms with Gasteiger partial charge in [0.15, 0.2) is 5.78 Å². The third-order valence-electron chi connectivity index (χ3n) is 4.69. The molecule has 1 aromatic rings. The minimum Gasteiger partial charge on any atom is -0.491 e. The topological polar surface area (TPSA) is 41.6 Å². The molecule has 1 N–H and O–H groups in total. The number of carbonyl (C=O) groups is 1. The van der Waals surface area contributed by atoms with Gasteiger partial charge in [0.25, 0.3) is 0 Å². The maximum Gasteiger partial charge on any atom is 0.179 e. The lowest BCUT2D eigenvalue weighted by atomic mass is 9.92. The van der Waals surface area contributed by atoms with Gasteiger partial charge in [-0.05, 0) is 56.9 Å². The van der Waals surface area contributed by atoms with Crippen molar-refractivity contribution >= 4 is 5.78 Å². The molecule has 1 unspecified atom stereocenters. The normalized spacial score (nSPS) is 17.3. The first-order valence-electron chi connectivity index (χ1n) is 9.11. The predicted molar refractivity (Wildman–Crippen MR) is 99.3 cm³/mol. The van der Waals surface area contributed by atoms with Crippen LogP contribution in [-0.4, -0.2) is 49.0 Å². The van der Waals surface area contributed by atoms with E-state index in [0.717, 1.165) is 48.6 Å². The van der Waals surface area contributed by atoms with Gasteiger partial charge >= 0.3 is 0 Å². The molecule has 2 rings (SSSR count). The van der Waals surface area contributed by atoms with Gasteiger partial charge in [0, 0.05) is 31.7 Å². The standard InChI is InChI=1S/C20H32N2O2/c1-13(2)17-12-18(15(5)11-19(17)24-14(3)4)20(23)16(6)22-9-7-21-8-10-22/h11-14,16,21H,7-10H2,1-6H3. The summed E-state index contributed by atoms with van der Waals surface area (Å²) < 4.78 is 5.97. The maximum absolute atomic E-state index is 13.1. The molecule has 0 aliphatic carbocycles. The number of Topliss-reactive ketones (excluding diaryl/α,β-unsaturated/α-hetero) is 1. The van der Waals surface area contributed by atoms with Crippen LogP contribution in [0, 0.1) is 6.92 Å². The quantitative estimate of drug-likeness (QED) is 0.811. The van der Waals surface area contributed by atoms with Crippen molar-refractivity contribution in [1.82, 2.24) is 10.2 Å². The SMILES string of the molecule is Cc1cc(OC(C)C)c(C(C)C)cc1C(=O)C(C)N1CCNCC1. The zero-order valence-electron chi connectivity index (χ0n) is 16.0. The highest BCUT2D eigenvalue weighted by Crippen LogP contribution is 2.31. The predicted octanol–water partition coefficient (Wildman–Crippen LogP) is 3.38. The first-order valence-corrected chi connectivity index (χ1v) is 9.11. The molecule has 134 valence electrons. The minimum atomic E-state index is -0.0809. The molecule has 1 aromatic carbocycles. The van der Waals surface area contributed by atoms with Gasteiger partial charge in [0.1, 0.15) is 5.75 Å². The molecule has 0 saturated carbocycles. The maximum atomic E-state index is 13.1.